The highest BCUT2D eigenvalue weighted by atomic mass is 79.9. The Morgan fingerprint density at radius 3 is 2.02 bits per heavy atom. The number of carbonyl (C=O) groups excluding carboxylic acids is 4. The largest absolute Gasteiger partial charge is 0.462 e. The molecule has 0 bridgehead atoms. The molecule has 0 atom stereocenters. The standard InChI is InChI=1S/C36H26BrN3O5/c1-2-45-35(43)25-13-17-28(18-14-25)39-31(23-9-5-3-6-10-23)22-26(32(39)24-11-7-4-8-12-24)21-30-33(41)38-36(44)40(34(30)42)29-19-15-27(37)16-20-29/h3-22H,2H2,1H3,(H,38,41,44). The number of aromatic nitrogens is 1. The summed E-state index contributed by atoms with van der Waals surface area (Å²) in [6.07, 6.45) is 1.52. The number of hydrogen-bond donors (Lipinski definition) is 1. The van der Waals surface area contributed by atoms with Crippen molar-refractivity contribution in [3.05, 3.63) is 136 Å². The van der Waals surface area contributed by atoms with Crippen molar-refractivity contribution in [2.24, 2.45) is 0 Å². The van der Waals surface area contributed by atoms with E-state index in [0.29, 0.717) is 22.5 Å². The minimum absolute atomic E-state index is 0.191. The summed E-state index contributed by atoms with van der Waals surface area (Å²) in [6, 6.07) is 34.1. The molecule has 6 rings (SSSR count). The molecule has 1 N–H and O–H groups in total. The number of nitrogens with one attached hydrogen (secondary N) is 1. The summed E-state index contributed by atoms with van der Waals surface area (Å²) in [5.41, 5.74) is 5.09. The van der Waals surface area contributed by atoms with Gasteiger partial charge >= 0.3 is 12.0 Å². The Hall–Kier alpha value is -5.54. The molecular weight excluding hydrogens is 634 g/mol. The van der Waals surface area contributed by atoms with Crippen LogP contribution >= 0.6 is 15.9 Å². The molecule has 0 radical (unpaired) electrons. The van der Waals surface area contributed by atoms with Crippen LogP contribution in [0.25, 0.3) is 34.3 Å². The second-order valence-electron chi connectivity index (χ2n) is 10.1. The molecule has 0 saturated carbocycles. The van der Waals surface area contributed by atoms with Crippen molar-refractivity contribution in [1.29, 1.82) is 0 Å². The predicted octanol–water partition coefficient (Wildman–Crippen LogP) is 7.42. The van der Waals surface area contributed by atoms with Gasteiger partial charge in [-0.2, -0.15) is 0 Å². The molecule has 4 aromatic carbocycles. The van der Waals surface area contributed by atoms with E-state index in [1.165, 1.54) is 6.08 Å². The van der Waals surface area contributed by atoms with E-state index in [1.54, 1.807) is 43.3 Å². The van der Waals surface area contributed by atoms with Gasteiger partial charge in [0.05, 0.1) is 29.2 Å². The first-order valence-corrected chi connectivity index (χ1v) is 15.0. The zero-order valence-electron chi connectivity index (χ0n) is 24.1. The fourth-order valence-electron chi connectivity index (χ4n) is 5.22. The topological polar surface area (TPSA) is 97.7 Å². The number of anilines is 1. The molecule has 222 valence electrons. The van der Waals surface area contributed by atoms with Gasteiger partial charge in [0.2, 0.25) is 0 Å². The second kappa shape index (κ2) is 12.6. The van der Waals surface area contributed by atoms with Crippen LogP contribution in [0, 0.1) is 0 Å². The number of carbonyl (C=O) groups is 4. The van der Waals surface area contributed by atoms with Crippen molar-refractivity contribution in [2.75, 3.05) is 11.5 Å². The molecule has 1 saturated heterocycles. The number of ether oxygens (including phenoxy) is 1. The first-order chi connectivity index (χ1) is 21.9. The highest BCUT2D eigenvalue weighted by molar-refractivity contribution is 9.10. The van der Waals surface area contributed by atoms with E-state index in [-0.39, 0.29) is 12.2 Å². The highest BCUT2D eigenvalue weighted by Crippen LogP contribution is 2.38. The monoisotopic (exact) mass is 659 g/mol. The first kappa shape index (κ1) is 29.5. The van der Waals surface area contributed by atoms with Gasteiger partial charge < -0.3 is 9.30 Å². The van der Waals surface area contributed by atoms with Crippen LogP contribution in [-0.2, 0) is 14.3 Å². The molecule has 9 heteroatoms. The van der Waals surface area contributed by atoms with E-state index in [2.05, 4.69) is 21.2 Å². The van der Waals surface area contributed by atoms with Crippen LogP contribution < -0.4 is 10.2 Å². The molecule has 1 aromatic heterocycles. The lowest BCUT2D eigenvalue weighted by atomic mass is 10.0. The number of hydrogen-bond acceptors (Lipinski definition) is 5. The number of rotatable bonds is 7. The summed E-state index contributed by atoms with van der Waals surface area (Å²) >= 11 is 3.37. The maximum absolute atomic E-state index is 13.8. The summed E-state index contributed by atoms with van der Waals surface area (Å²) in [5.74, 6) is -1.94. The molecule has 2 heterocycles. The predicted molar refractivity (Wildman–Crippen MR) is 176 cm³/mol. The Morgan fingerprint density at radius 1 is 0.800 bits per heavy atom. The van der Waals surface area contributed by atoms with Gasteiger partial charge in [0.1, 0.15) is 5.57 Å². The Balaban J connectivity index is 1.57. The van der Waals surface area contributed by atoms with Gasteiger partial charge in [0, 0.05) is 15.7 Å². The molecule has 1 aliphatic heterocycles. The summed E-state index contributed by atoms with van der Waals surface area (Å²) < 4.78 is 7.97. The lowest BCUT2D eigenvalue weighted by molar-refractivity contribution is -0.122. The average Bonchev–Trinajstić information content (AvgIpc) is 3.44. The van der Waals surface area contributed by atoms with E-state index in [4.69, 9.17) is 4.74 Å². The Kier molecular flexibility index (Phi) is 8.26. The Bertz CT molecular complexity index is 1950. The van der Waals surface area contributed by atoms with Crippen LogP contribution in [0.5, 0.6) is 0 Å². The van der Waals surface area contributed by atoms with Gasteiger partial charge in [-0.05, 0) is 78.7 Å². The minimum atomic E-state index is -0.822. The first-order valence-electron chi connectivity index (χ1n) is 14.2. The van der Waals surface area contributed by atoms with Crippen molar-refractivity contribution in [1.82, 2.24) is 9.88 Å². The Morgan fingerprint density at radius 2 is 1.40 bits per heavy atom. The zero-order chi connectivity index (χ0) is 31.5. The molecule has 5 aromatic rings. The number of esters is 1. The van der Waals surface area contributed by atoms with E-state index in [1.807, 2.05) is 83.4 Å². The number of amides is 4. The fraction of sp³-hybridized carbons (Fsp3) is 0.0556. The van der Waals surface area contributed by atoms with Gasteiger partial charge in [-0.3, -0.25) is 14.9 Å². The maximum atomic E-state index is 13.8. The van der Waals surface area contributed by atoms with Gasteiger partial charge in [0.25, 0.3) is 11.8 Å². The van der Waals surface area contributed by atoms with Crippen LogP contribution in [-0.4, -0.2) is 35.0 Å². The van der Waals surface area contributed by atoms with Crippen LogP contribution in [0.15, 0.2) is 125 Å². The zero-order valence-corrected chi connectivity index (χ0v) is 25.7. The van der Waals surface area contributed by atoms with E-state index < -0.39 is 23.8 Å². The normalized spacial score (nSPS) is 14.0. The highest BCUT2D eigenvalue weighted by Gasteiger charge is 2.37. The van der Waals surface area contributed by atoms with E-state index in [9.17, 15) is 19.2 Å². The van der Waals surface area contributed by atoms with Crippen LogP contribution in [0.1, 0.15) is 22.8 Å². The number of imide groups is 2. The minimum Gasteiger partial charge on any atom is -0.462 e. The summed E-state index contributed by atoms with van der Waals surface area (Å²) in [4.78, 5) is 53.1. The lowest BCUT2D eigenvalue weighted by Gasteiger charge is -2.26. The van der Waals surface area contributed by atoms with E-state index in [0.717, 1.165) is 31.9 Å². The maximum Gasteiger partial charge on any atom is 0.338 e. The van der Waals surface area contributed by atoms with Crippen LogP contribution in [0.2, 0.25) is 0 Å². The van der Waals surface area contributed by atoms with Crippen molar-refractivity contribution < 1.29 is 23.9 Å². The number of barbiturate groups is 1. The third-order valence-electron chi connectivity index (χ3n) is 7.27. The van der Waals surface area contributed by atoms with Crippen LogP contribution in [0.4, 0.5) is 10.5 Å². The third kappa shape index (κ3) is 5.85. The number of urea groups is 1. The van der Waals surface area contributed by atoms with Crippen molar-refractivity contribution >= 4 is 51.5 Å². The summed E-state index contributed by atoms with van der Waals surface area (Å²) in [6.45, 7) is 2.02. The molecule has 4 amide bonds. The quantitative estimate of drug-likeness (QED) is 0.111. The SMILES string of the molecule is CCOC(=O)c1ccc(-n2c(-c3ccccc3)cc(C=C3C(=O)NC(=O)N(c4ccc(Br)cc4)C3=O)c2-c2ccccc2)cc1. The molecular formula is C36H26BrN3O5. The van der Waals surface area contributed by atoms with Crippen molar-refractivity contribution in [3.63, 3.8) is 0 Å². The third-order valence-corrected chi connectivity index (χ3v) is 7.80. The molecule has 45 heavy (non-hydrogen) atoms. The molecule has 1 fully saturated rings. The smallest absolute Gasteiger partial charge is 0.338 e. The number of benzene rings is 4. The fourth-order valence-corrected chi connectivity index (χ4v) is 5.48. The molecule has 0 spiro atoms. The lowest BCUT2D eigenvalue weighted by Crippen LogP contribution is -2.54. The second-order valence-corrected chi connectivity index (χ2v) is 11.0. The molecule has 0 unspecified atom stereocenters. The van der Waals surface area contributed by atoms with Crippen LogP contribution in [0.3, 0.4) is 0 Å². The average molecular weight is 661 g/mol. The van der Waals surface area contributed by atoms with Gasteiger partial charge in [0.15, 0.2) is 0 Å². The van der Waals surface area contributed by atoms with Gasteiger partial charge in [-0.15, -0.1) is 0 Å². The summed E-state index contributed by atoms with van der Waals surface area (Å²) in [5, 5.41) is 2.31. The van der Waals surface area contributed by atoms with Gasteiger partial charge in [-0.1, -0.05) is 76.6 Å². The molecule has 0 aliphatic carbocycles. The molecule has 1 aliphatic rings. The Labute approximate surface area is 267 Å². The summed E-state index contributed by atoms with van der Waals surface area (Å²) in [7, 11) is 0. The molecule has 8 nitrogen and oxygen atoms in total. The van der Waals surface area contributed by atoms with Crippen molar-refractivity contribution in [2.45, 2.75) is 6.92 Å². The van der Waals surface area contributed by atoms with Gasteiger partial charge in [-0.25, -0.2) is 14.5 Å². The number of halogens is 1. The van der Waals surface area contributed by atoms with E-state index >= 15 is 0 Å². The van der Waals surface area contributed by atoms with Crippen molar-refractivity contribution in [3.8, 4) is 28.2 Å². The number of nitrogens with zero attached hydrogens (tertiary/aromatic N) is 2.